The molecule has 1 atom stereocenters. The lowest BCUT2D eigenvalue weighted by molar-refractivity contribution is -0.289. The highest BCUT2D eigenvalue weighted by Crippen LogP contribution is 2.44. The zero-order chi connectivity index (χ0) is 25.8. The van der Waals surface area contributed by atoms with E-state index in [1.54, 1.807) is 6.92 Å². The first kappa shape index (κ1) is 24.2. The van der Waals surface area contributed by atoms with Crippen molar-refractivity contribution >= 4 is 21.8 Å². The van der Waals surface area contributed by atoms with Gasteiger partial charge in [0.05, 0.1) is 21.1 Å². The van der Waals surface area contributed by atoms with Gasteiger partial charge >= 0.3 is 12.1 Å². The summed E-state index contributed by atoms with van der Waals surface area (Å²) in [7, 11) is -0.828. The molecule has 0 spiro atoms. The lowest BCUT2D eigenvalue weighted by atomic mass is 10.1. The summed E-state index contributed by atoms with van der Waals surface area (Å²) < 4.78 is 89.9. The fourth-order valence-corrected chi connectivity index (χ4v) is 4.57. The maximum Gasteiger partial charge on any atom is 0.458 e. The summed E-state index contributed by atoms with van der Waals surface area (Å²) in [4.78, 5) is 16.9. The van der Waals surface area contributed by atoms with Crippen LogP contribution in [0.1, 0.15) is 37.1 Å². The van der Waals surface area contributed by atoms with E-state index in [0.717, 1.165) is 12.8 Å². The molecule has 0 bridgehead atoms. The van der Waals surface area contributed by atoms with E-state index in [9.17, 15) is 26.2 Å². The number of halogens is 5. The van der Waals surface area contributed by atoms with Crippen LogP contribution in [0.3, 0.4) is 0 Å². The molecule has 4 heterocycles. The number of aryl methyl sites for hydroxylation is 1. The Labute approximate surface area is 202 Å². The second-order valence-corrected chi connectivity index (χ2v) is 9.50. The van der Waals surface area contributed by atoms with E-state index in [2.05, 4.69) is 29.5 Å². The predicted octanol–water partition coefficient (Wildman–Crippen LogP) is 4.66. The summed E-state index contributed by atoms with van der Waals surface area (Å²) in [5.41, 5.74) is -0.985. The molecule has 4 aromatic rings. The van der Waals surface area contributed by atoms with Gasteiger partial charge in [-0.3, -0.25) is 4.98 Å². The molecule has 1 unspecified atom stereocenters. The van der Waals surface area contributed by atoms with Crippen molar-refractivity contribution < 1.29 is 30.7 Å². The maximum atomic E-state index is 13.9. The fourth-order valence-electron chi connectivity index (χ4n) is 3.57. The third-order valence-corrected chi connectivity index (χ3v) is 6.90. The van der Waals surface area contributed by atoms with Gasteiger partial charge in [0, 0.05) is 37.5 Å². The number of nitrogens with zero attached hydrogens (tertiary/aromatic N) is 7. The van der Waals surface area contributed by atoms with Gasteiger partial charge in [-0.1, -0.05) is 5.16 Å². The molecule has 0 aliphatic heterocycles. The van der Waals surface area contributed by atoms with Crippen molar-refractivity contribution in [2.45, 2.75) is 42.7 Å². The lowest BCUT2D eigenvalue weighted by Gasteiger charge is -2.19. The number of aromatic nitrogens is 6. The number of hydrogen-bond donors (Lipinski definition) is 1. The Kier molecular flexibility index (Phi) is 5.76. The van der Waals surface area contributed by atoms with E-state index < -0.39 is 28.3 Å². The molecule has 1 fully saturated rings. The number of fused-ring (bicyclic) bond motifs is 1. The van der Waals surface area contributed by atoms with Crippen LogP contribution >= 0.6 is 0 Å². The minimum atomic E-state index is -5.79. The molecule has 0 aromatic carbocycles. The monoisotopic (exact) mass is 527 g/mol. The van der Waals surface area contributed by atoms with Crippen LogP contribution < -0.4 is 0 Å². The number of pyridine rings is 2. The fraction of sp³-hybridized carbons (Fsp3) is 0.381. The van der Waals surface area contributed by atoms with Crippen molar-refractivity contribution in [1.82, 2.24) is 29.7 Å². The van der Waals surface area contributed by atoms with E-state index in [4.69, 9.17) is 4.52 Å². The molecule has 0 N–H and O–H groups in total. The average molecular weight is 527 g/mol. The Morgan fingerprint density at radius 3 is 2.56 bits per heavy atom. The summed E-state index contributed by atoms with van der Waals surface area (Å²) in [5, 5.41) is 3.96. The quantitative estimate of drug-likeness (QED) is 0.287. The van der Waals surface area contributed by atoms with Gasteiger partial charge in [0.25, 0.3) is 0 Å². The molecule has 5 rings (SSSR count). The number of imidazole rings is 1. The first-order chi connectivity index (χ1) is 17.0. The first-order valence-electron chi connectivity index (χ1n) is 10.8. The van der Waals surface area contributed by atoms with Crippen LogP contribution in [0.5, 0.6) is 0 Å². The number of rotatable bonds is 6. The molecular weight excluding hydrogens is 509 g/mol. The highest BCUT2D eigenvalue weighted by Gasteiger charge is 2.59. The van der Waals surface area contributed by atoms with Crippen molar-refractivity contribution in [2.24, 2.45) is 11.4 Å². The Morgan fingerprint density at radius 1 is 1.14 bits per heavy atom. The minimum absolute atomic E-state index is 0.0402. The van der Waals surface area contributed by atoms with Gasteiger partial charge in [0.1, 0.15) is 11.2 Å². The second kappa shape index (κ2) is 8.57. The third kappa shape index (κ3) is 4.10. The molecular formula is C21H18F5N7O2S. The van der Waals surface area contributed by atoms with E-state index in [-0.39, 0.29) is 45.9 Å². The molecule has 0 saturated heterocycles. The molecule has 36 heavy (non-hydrogen) atoms. The Morgan fingerprint density at radius 2 is 1.89 bits per heavy atom. The molecule has 0 radical (unpaired) electrons. The topological polar surface area (TPSA) is 112 Å². The van der Waals surface area contributed by atoms with Crippen LogP contribution in [-0.4, -0.2) is 46.6 Å². The van der Waals surface area contributed by atoms with Gasteiger partial charge < -0.3 is 9.09 Å². The second-order valence-electron chi connectivity index (χ2n) is 8.19. The van der Waals surface area contributed by atoms with Gasteiger partial charge in [-0.2, -0.15) is 26.9 Å². The van der Waals surface area contributed by atoms with Crippen LogP contribution in [0, 0.1) is 0 Å². The largest absolute Gasteiger partial charge is 0.458 e. The van der Waals surface area contributed by atoms with Gasteiger partial charge in [-0.25, -0.2) is 18.5 Å². The van der Waals surface area contributed by atoms with Crippen LogP contribution in [0.4, 0.5) is 22.0 Å². The van der Waals surface area contributed by atoms with Crippen LogP contribution in [0.15, 0.2) is 38.3 Å². The number of hydrogen-bond acceptors (Lipinski definition) is 8. The zero-order valence-electron chi connectivity index (χ0n) is 18.8. The van der Waals surface area contributed by atoms with Crippen LogP contribution in [0.25, 0.3) is 34.1 Å². The molecule has 190 valence electrons. The van der Waals surface area contributed by atoms with Gasteiger partial charge in [-0.05, 0) is 31.9 Å². The highest BCUT2D eigenvalue weighted by atomic mass is 32.2. The van der Waals surface area contributed by atoms with Crippen molar-refractivity contribution in [3.05, 3.63) is 36.0 Å². The molecule has 1 saturated carbocycles. The van der Waals surface area contributed by atoms with Crippen LogP contribution in [0.2, 0.25) is 0 Å². The van der Waals surface area contributed by atoms with Crippen molar-refractivity contribution in [1.29, 1.82) is 0 Å². The van der Waals surface area contributed by atoms with E-state index >= 15 is 0 Å². The summed E-state index contributed by atoms with van der Waals surface area (Å²) in [6.07, 6.45) is -2.00. The van der Waals surface area contributed by atoms with Crippen LogP contribution in [-0.2, 0) is 23.6 Å². The van der Waals surface area contributed by atoms with E-state index in [0.29, 0.717) is 23.7 Å². The third-order valence-electron chi connectivity index (χ3n) is 5.61. The normalized spacial score (nSPS) is 15.6. The Bertz CT molecular complexity index is 1550. The molecule has 15 heteroatoms. The summed E-state index contributed by atoms with van der Waals surface area (Å²) in [6.45, 7) is 1.94. The van der Waals surface area contributed by atoms with Crippen molar-refractivity contribution in [3.8, 4) is 22.9 Å². The standard InChI is InChI=1S/C21H18F5N7O2S/c1-3-29-36(34)14-6-11(16-31-19(35-32-16)10-4-5-10)8-27-15(14)18-30-13-7-12(9-28-17(13)33(18)2)20(22,23)21(24,25)26/h6-10,36H,3-5H2,1-2H3. The molecule has 4 aromatic heterocycles. The van der Waals surface area contributed by atoms with Crippen molar-refractivity contribution in [3.63, 3.8) is 0 Å². The Hall–Kier alpha value is -3.49. The summed E-state index contributed by atoms with van der Waals surface area (Å²) >= 11 is 0. The van der Waals surface area contributed by atoms with Gasteiger partial charge in [-0.15, -0.1) is 0 Å². The molecule has 0 amide bonds. The molecule has 1 aliphatic carbocycles. The maximum absolute atomic E-state index is 13.9. The molecule has 9 nitrogen and oxygen atoms in total. The summed E-state index contributed by atoms with van der Waals surface area (Å²) in [5.74, 6) is -4.06. The van der Waals surface area contributed by atoms with Gasteiger partial charge in [0.2, 0.25) is 11.7 Å². The average Bonchev–Trinajstić information content (AvgIpc) is 3.47. The zero-order valence-corrected chi connectivity index (χ0v) is 19.7. The van der Waals surface area contributed by atoms with E-state index in [1.807, 2.05) is 0 Å². The summed E-state index contributed by atoms with van der Waals surface area (Å²) in [6, 6.07) is 2.15. The lowest BCUT2D eigenvalue weighted by Crippen LogP contribution is -2.33. The number of thiol groups is 1. The Balaban J connectivity index is 1.63. The minimum Gasteiger partial charge on any atom is -0.339 e. The molecule has 1 aliphatic rings. The smallest absolute Gasteiger partial charge is 0.339 e. The van der Waals surface area contributed by atoms with Gasteiger partial charge in [0.15, 0.2) is 11.5 Å². The predicted molar refractivity (Wildman–Crippen MR) is 118 cm³/mol. The number of alkyl halides is 5. The SMILES string of the molecule is CC/N=[SH](=O)/c1cc(-c2noc(C3CC3)n2)cnc1-c1nc2cc(C(F)(F)C(F)(F)F)cnc2n1C. The first-order valence-corrected chi connectivity index (χ1v) is 12.0. The van der Waals surface area contributed by atoms with Crippen molar-refractivity contribution in [2.75, 3.05) is 6.54 Å². The highest BCUT2D eigenvalue weighted by molar-refractivity contribution is 7.75. The van der Waals surface area contributed by atoms with E-state index in [1.165, 1.54) is 23.9 Å².